The highest BCUT2D eigenvalue weighted by atomic mass is 19.1. The van der Waals surface area contributed by atoms with Gasteiger partial charge in [0.2, 0.25) is 0 Å². The highest BCUT2D eigenvalue weighted by Crippen LogP contribution is 2.34. The van der Waals surface area contributed by atoms with E-state index >= 15 is 0 Å². The van der Waals surface area contributed by atoms with Gasteiger partial charge in [-0.15, -0.1) is 0 Å². The zero-order valence-corrected chi connectivity index (χ0v) is 16.6. The van der Waals surface area contributed by atoms with E-state index in [9.17, 15) is 4.39 Å². The summed E-state index contributed by atoms with van der Waals surface area (Å²) < 4.78 is 15.2. The lowest BCUT2D eigenvalue weighted by atomic mass is 10.0. The van der Waals surface area contributed by atoms with E-state index < -0.39 is 0 Å². The van der Waals surface area contributed by atoms with Crippen LogP contribution in [0.4, 0.5) is 4.39 Å². The smallest absolute Gasteiger partial charge is 0.138 e. The lowest BCUT2D eigenvalue weighted by Gasteiger charge is -2.02. The van der Waals surface area contributed by atoms with E-state index in [4.69, 9.17) is 0 Å². The number of halogens is 1. The van der Waals surface area contributed by atoms with Crippen LogP contribution in [-0.4, -0.2) is 29.9 Å². The lowest BCUT2D eigenvalue weighted by Crippen LogP contribution is -1.84. The summed E-state index contributed by atoms with van der Waals surface area (Å²) in [5, 5.41) is 13.9. The Bertz CT molecular complexity index is 1550. The first kappa shape index (κ1) is 17.6. The predicted molar refractivity (Wildman–Crippen MR) is 119 cm³/mol. The number of H-pyrrole nitrogens is 2. The Morgan fingerprint density at radius 2 is 1.74 bits per heavy atom. The number of rotatable bonds is 3. The molecule has 0 radical (unpaired) electrons. The van der Waals surface area contributed by atoms with Crippen molar-refractivity contribution in [1.82, 2.24) is 29.9 Å². The minimum atomic E-state index is -0.253. The molecule has 0 aliphatic carbocycles. The van der Waals surface area contributed by atoms with Gasteiger partial charge in [-0.1, -0.05) is 18.2 Å². The molecule has 0 saturated heterocycles. The Hall–Kier alpha value is -4.26. The van der Waals surface area contributed by atoms with Gasteiger partial charge < -0.3 is 4.98 Å². The second kappa shape index (κ2) is 6.63. The number of hydrogen-bond acceptors (Lipinski definition) is 3. The van der Waals surface area contributed by atoms with E-state index in [0.717, 1.165) is 55.6 Å². The van der Waals surface area contributed by atoms with Crippen LogP contribution in [0, 0.1) is 5.82 Å². The maximum atomic E-state index is 13.4. The molecule has 0 unspecified atom stereocenters. The van der Waals surface area contributed by atoms with E-state index in [0.29, 0.717) is 0 Å². The van der Waals surface area contributed by atoms with Gasteiger partial charge in [-0.05, 0) is 53.1 Å². The van der Waals surface area contributed by atoms with Gasteiger partial charge in [0, 0.05) is 35.8 Å². The minimum absolute atomic E-state index is 0.253. The molecule has 31 heavy (non-hydrogen) atoms. The topological polar surface area (TPSA) is 75.2 Å². The van der Waals surface area contributed by atoms with Gasteiger partial charge in [0.1, 0.15) is 17.2 Å². The second-order valence-electron chi connectivity index (χ2n) is 7.55. The maximum Gasteiger partial charge on any atom is 0.138 e. The van der Waals surface area contributed by atoms with Crippen LogP contribution in [0.25, 0.3) is 55.6 Å². The molecule has 4 aromatic heterocycles. The summed E-state index contributed by atoms with van der Waals surface area (Å²) >= 11 is 0. The Morgan fingerprint density at radius 1 is 0.903 bits per heavy atom. The van der Waals surface area contributed by atoms with Crippen molar-refractivity contribution in [2.24, 2.45) is 7.05 Å². The number of benzene rings is 2. The average molecular weight is 408 g/mol. The van der Waals surface area contributed by atoms with Gasteiger partial charge in [-0.2, -0.15) is 10.2 Å². The Morgan fingerprint density at radius 3 is 2.55 bits per heavy atom. The quantitative estimate of drug-likeness (QED) is 0.417. The van der Waals surface area contributed by atoms with Crippen LogP contribution < -0.4 is 0 Å². The number of nitrogens with zero attached hydrogens (tertiary/aromatic N) is 4. The molecule has 0 aliphatic rings. The Kier molecular flexibility index (Phi) is 3.76. The van der Waals surface area contributed by atoms with Crippen molar-refractivity contribution in [3.8, 4) is 33.6 Å². The summed E-state index contributed by atoms with van der Waals surface area (Å²) in [5.74, 6) is -0.253. The minimum Gasteiger partial charge on any atom is -0.338 e. The molecule has 0 saturated carbocycles. The van der Waals surface area contributed by atoms with Crippen LogP contribution in [0.15, 0.2) is 73.2 Å². The number of hydrogen-bond donors (Lipinski definition) is 2. The summed E-state index contributed by atoms with van der Waals surface area (Å²) in [7, 11) is 1.90. The van der Waals surface area contributed by atoms with Crippen molar-refractivity contribution in [1.29, 1.82) is 0 Å². The Balaban J connectivity index is 1.50. The number of nitrogens with one attached hydrogen (secondary N) is 2. The van der Waals surface area contributed by atoms with Crippen LogP contribution in [-0.2, 0) is 7.05 Å². The van der Waals surface area contributed by atoms with Crippen molar-refractivity contribution in [3.63, 3.8) is 0 Å². The van der Waals surface area contributed by atoms with Crippen LogP contribution >= 0.6 is 0 Å². The molecule has 0 atom stereocenters. The molecule has 0 amide bonds. The van der Waals surface area contributed by atoms with Crippen LogP contribution in [0.1, 0.15) is 0 Å². The number of pyridine rings is 1. The molecule has 6 rings (SSSR count). The number of aromatic nitrogens is 6. The first-order chi connectivity index (χ1) is 15.2. The van der Waals surface area contributed by atoms with E-state index in [1.807, 2.05) is 37.6 Å². The van der Waals surface area contributed by atoms with Gasteiger partial charge in [-0.3, -0.25) is 9.78 Å². The summed E-state index contributed by atoms with van der Waals surface area (Å²) in [6.07, 6.45) is 5.59. The number of fused-ring (bicyclic) bond motifs is 2. The SMILES string of the molecule is Cn1cc(-c2ccc3[nH]nc(-c4cc5c(-c6ccc(F)cc6)ccnc5[nH]4)c3c2)cn1. The standard InChI is InChI=1S/C24H17FN6/c1-31-13-16(12-27-31)15-4-7-21-20(10-15)23(30-29-21)22-11-19-18(8-9-26-24(19)28-22)14-2-5-17(25)6-3-14/h2-13H,1H3,(H,26,28)(H,29,30). The third kappa shape index (κ3) is 2.90. The van der Waals surface area contributed by atoms with Crippen LogP contribution in [0.5, 0.6) is 0 Å². The molecule has 0 aliphatic heterocycles. The fraction of sp³-hybridized carbons (Fsp3) is 0.0417. The molecular formula is C24H17FN6. The molecule has 150 valence electrons. The first-order valence-electron chi connectivity index (χ1n) is 9.87. The summed E-state index contributed by atoms with van der Waals surface area (Å²) in [6.45, 7) is 0. The van der Waals surface area contributed by atoms with Gasteiger partial charge in [0.05, 0.1) is 17.4 Å². The van der Waals surface area contributed by atoms with Crippen molar-refractivity contribution < 1.29 is 4.39 Å². The number of aromatic amines is 2. The number of aryl methyl sites for hydroxylation is 1. The van der Waals surface area contributed by atoms with E-state index in [1.165, 1.54) is 12.1 Å². The van der Waals surface area contributed by atoms with Crippen molar-refractivity contribution in [2.45, 2.75) is 0 Å². The molecule has 2 aromatic carbocycles. The maximum absolute atomic E-state index is 13.4. The third-order valence-corrected chi connectivity index (χ3v) is 5.54. The van der Waals surface area contributed by atoms with Crippen LogP contribution in [0.2, 0.25) is 0 Å². The largest absolute Gasteiger partial charge is 0.338 e. The van der Waals surface area contributed by atoms with Crippen molar-refractivity contribution in [2.75, 3.05) is 0 Å². The fourth-order valence-corrected chi connectivity index (χ4v) is 4.00. The highest BCUT2D eigenvalue weighted by molar-refractivity contribution is 6.00. The molecule has 6 nitrogen and oxygen atoms in total. The van der Waals surface area contributed by atoms with E-state index in [1.54, 1.807) is 23.0 Å². The summed E-state index contributed by atoms with van der Waals surface area (Å²) in [4.78, 5) is 7.88. The predicted octanol–water partition coefficient (Wildman–Crippen LogP) is 5.31. The van der Waals surface area contributed by atoms with Gasteiger partial charge in [-0.25, -0.2) is 9.37 Å². The zero-order chi connectivity index (χ0) is 20.9. The molecule has 6 aromatic rings. The van der Waals surface area contributed by atoms with Gasteiger partial charge in [0.15, 0.2) is 0 Å². The fourth-order valence-electron chi connectivity index (χ4n) is 4.00. The van der Waals surface area contributed by atoms with Crippen molar-refractivity contribution >= 4 is 21.9 Å². The molecule has 0 bridgehead atoms. The monoisotopic (exact) mass is 408 g/mol. The zero-order valence-electron chi connectivity index (χ0n) is 16.6. The average Bonchev–Trinajstić information content (AvgIpc) is 3.51. The highest BCUT2D eigenvalue weighted by Gasteiger charge is 2.15. The van der Waals surface area contributed by atoms with Gasteiger partial charge in [0.25, 0.3) is 0 Å². The third-order valence-electron chi connectivity index (χ3n) is 5.54. The summed E-state index contributed by atoms with van der Waals surface area (Å²) in [5.41, 5.74) is 7.45. The van der Waals surface area contributed by atoms with E-state index in [-0.39, 0.29) is 5.82 Å². The molecule has 0 fully saturated rings. The molecular weight excluding hydrogens is 391 g/mol. The summed E-state index contributed by atoms with van der Waals surface area (Å²) in [6, 6.07) is 16.7. The lowest BCUT2D eigenvalue weighted by molar-refractivity contribution is 0.628. The van der Waals surface area contributed by atoms with Gasteiger partial charge >= 0.3 is 0 Å². The first-order valence-corrected chi connectivity index (χ1v) is 9.87. The molecule has 0 spiro atoms. The molecule has 7 heteroatoms. The second-order valence-corrected chi connectivity index (χ2v) is 7.55. The molecule has 2 N–H and O–H groups in total. The Labute approximate surface area is 176 Å². The molecule has 4 heterocycles. The van der Waals surface area contributed by atoms with Crippen molar-refractivity contribution in [3.05, 3.63) is 79.0 Å². The van der Waals surface area contributed by atoms with Crippen LogP contribution in [0.3, 0.4) is 0 Å². The normalized spacial score (nSPS) is 11.5. The van der Waals surface area contributed by atoms with E-state index in [2.05, 4.69) is 37.4 Å².